The third-order valence-electron chi connectivity index (χ3n) is 4.20. The summed E-state index contributed by atoms with van der Waals surface area (Å²) in [5.41, 5.74) is 5.75. The Kier molecular flexibility index (Phi) is 6.29. The summed E-state index contributed by atoms with van der Waals surface area (Å²) in [5, 5.41) is 0. The van der Waals surface area contributed by atoms with E-state index in [1.165, 1.54) is 23.5 Å². The predicted octanol–water partition coefficient (Wildman–Crippen LogP) is 2.75. The number of hydrazine groups is 1. The van der Waals surface area contributed by atoms with Crippen LogP contribution in [0.2, 0.25) is 0 Å². The maximum Gasteiger partial charge on any atom is 0.279 e. The highest BCUT2D eigenvalue weighted by atomic mass is 32.2. The molecule has 5 nitrogen and oxygen atoms in total. The number of nitrogens with zero attached hydrogens (tertiary/aromatic N) is 1. The van der Waals surface area contributed by atoms with Gasteiger partial charge in [0.25, 0.3) is 11.8 Å². The van der Waals surface area contributed by atoms with Crippen molar-refractivity contribution in [3.8, 4) is 10.4 Å². The Morgan fingerprint density at radius 2 is 1.96 bits per heavy atom. The van der Waals surface area contributed by atoms with Crippen LogP contribution in [0.5, 0.6) is 0 Å². The first kappa shape index (κ1) is 18.9. The van der Waals surface area contributed by atoms with Crippen LogP contribution in [-0.4, -0.2) is 47.9 Å². The number of carbonyl (C=O) groups is 2. The number of thiophene rings is 1. The molecule has 1 aliphatic rings. The quantitative estimate of drug-likeness (QED) is 0.767. The second-order valence-corrected chi connectivity index (χ2v) is 8.34. The summed E-state index contributed by atoms with van der Waals surface area (Å²) in [4.78, 5) is 27.5. The summed E-state index contributed by atoms with van der Waals surface area (Å²) >= 11 is 3.18. The molecule has 2 aromatic rings. The second-order valence-electron chi connectivity index (χ2n) is 6.11. The SMILES string of the molecule is CN(CC(=O)NNC(=O)c1ccc(-c2ccc(F)cc2)s1)C1CCSC1. The van der Waals surface area contributed by atoms with Gasteiger partial charge in [-0.25, -0.2) is 4.39 Å². The van der Waals surface area contributed by atoms with Crippen molar-refractivity contribution >= 4 is 34.9 Å². The molecule has 0 radical (unpaired) electrons. The fourth-order valence-electron chi connectivity index (χ4n) is 2.68. The second kappa shape index (κ2) is 8.66. The zero-order chi connectivity index (χ0) is 18.5. The lowest BCUT2D eigenvalue weighted by molar-refractivity contribution is -0.123. The first-order chi connectivity index (χ1) is 12.5. The van der Waals surface area contributed by atoms with E-state index in [0.29, 0.717) is 10.9 Å². The highest BCUT2D eigenvalue weighted by Crippen LogP contribution is 2.28. The standard InChI is InChI=1S/C18H20FN3O2S2/c1-22(14-8-9-25-11-14)10-17(23)20-21-18(24)16-7-6-15(26-16)12-2-4-13(19)5-3-12/h2-7,14H,8-11H2,1H3,(H,20,23)(H,21,24). The van der Waals surface area contributed by atoms with E-state index in [4.69, 9.17) is 0 Å². The third-order valence-corrected chi connectivity index (χ3v) is 6.47. The molecular weight excluding hydrogens is 373 g/mol. The van der Waals surface area contributed by atoms with Crippen LogP contribution in [0.1, 0.15) is 16.1 Å². The van der Waals surface area contributed by atoms with Crippen molar-refractivity contribution in [1.82, 2.24) is 15.8 Å². The van der Waals surface area contributed by atoms with Gasteiger partial charge < -0.3 is 0 Å². The van der Waals surface area contributed by atoms with Crippen molar-refractivity contribution in [2.45, 2.75) is 12.5 Å². The Hall–Kier alpha value is -1.90. The Labute approximate surface area is 159 Å². The first-order valence-corrected chi connectivity index (χ1v) is 10.2. The number of likely N-dealkylation sites (N-methyl/N-ethyl adjacent to an activating group) is 1. The van der Waals surface area contributed by atoms with Crippen LogP contribution < -0.4 is 10.9 Å². The minimum absolute atomic E-state index is 0.243. The summed E-state index contributed by atoms with van der Waals surface area (Å²) < 4.78 is 13.0. The molecule has 0 bridgehead atoms. The van der Waals surface area contributed by atoms with E-state index in [-0.39, 0.29) is 24.2 Å². The number of rotatable bonds is 5. The van der Waals surface area contributed by atoms with Crippen molar-refractivity contribution in [3.63, 3.8) is 0 Å². The molecule has 8 heteroatoms. The Morgan fingerprint density at radius 1 is 1.19 bits per heavy atom. The molecule has 1 aliphatic heterocycles. The van der Waals surface area contributed by atoms with E-state index in [0.717, 1.165) is 28.4 Å². The molecule has 1 aromatic heterocycles. The summed E-state index contributed by atoms with van der Waals surface area (Å²) in [5.74, 6) is 1.26. The Bertz CT molecular complexity index is 773. The first-order valence-electron chi connectivity index (χ1n) is 8.26. The van der Waals surface area contributed by atoms with Crippen molar-refractivity contribution in [2.24, 2.45) is 0 Å². The van der Waals surface area contributed by atoms with Gasteiger partial charge in [-0.15, -0.1) is 11.3 Å². The summed E-state index contributed by atoms with van der Waals surface area (Å²) in [7, 11) is 1.92. The lowest BCUT2D eigenvalue weighted by Crippen LogP contribution is -2.47. The summed E-state index contributed by atoms with van der Waals surface area (Å²) in [6.07, 6.45) is 1.09. The van der Waals surface area contributed by atoms with Gasteiger partial charge in [-0.3, -0.25) is 25.3 Å². The molecule has 26 heavy (non-hydrogen) atoms. The number of benzene rings is 1. The van der Waals surface area contributed by atoms with Crippen LogP contribution in [0.25, 0.3) is 10.4 Å². The number of carbonyl (C=O) groups excluding carboxylic acids is 2. The zero-order valence-corrected chi connectivity index (χ0v) is 16.0. The normalized spacial score (nSPS) is 16.7. The molecule has 0 aliphatic carbocycles. The zero-order valence-electron chi connectivity index (χ0n) is 14.3. The van der Waals surface area contributed by atoms with E-state index in [1.807, 2.05) is 23.7 Å². The molecule has 2 heterocycles. The van der Waals surface area contributed by atoms with Crippen LogP contribution in [-0.2, 0) is 4.79 Å². The van der Waals surface area contributed by atoms with Crippen molar-refractivity contribution in [3.05, 3.63) is 47.1 Å². The lowest BCUT2D eigenvalue weighted by atomic mass is 10.2. The number of nitrogens with one attached hydrogen (secondary N) is 2. The minimum atomic E-state index is -0.365. The molecule has 2 amide bonds. The number of hydrogen-bond acceptors (Lipinski definition) is 5. The minimum Gasteiger partial charge on any atom is -0.294 e. The van der Waals surface area contributed by atoms with Gasteiger partial charge >= 0.3 is 0 Å². The van der Waals surface area contributed by atoms with E-state index in [9.17, 15) is 14.0 Å². The van der Waals surface area contributed by atoms with Crippen LogP contribution in [0.3, 0.4) is 0 Å². The molecule has 1 fully saturated rings. The summed E-state index contributed by atoms with van der Waals surface area (Å²) in [6, 6.07) is 10.0. The molecule has 1 aromatic carbocycles. The van der Waals surface area contributed by atoms with Crippen LogP contribution in [0.15, 0.2) is 36.4 Å². The van der Waals surface area contributed by atoms with Crippen LogP contribution in [0.4, 0.5) is 4.39 Å². The van der Waals surface area contributed by atoms with Crippen molar-refractivity contribution < 1.29 is 14.0 Å². The van der Waals surface area contributed by atoms with E-state index < -0.39 is 0 Å². The molecule has 0 saturated carbocycles. The molecule has 1 saturated heterocycles. The topological polar surface area (TPSA) is 61.4 Å². The van der Waals surface area contributed by atoms with Gasteiger partial charge in [0.1, 0.15) is 5.82 Å². The monoisotopic (exact) mass is 393 g/mol. The van der Waals surface area contributed by atoms with Gasteiger partial charge in [0.05, 0.1) is 11.4 Å². The molecule has 1 unspecified atom stereocenters. The van der Waals surface area contributed by atoms with E-state index in [1.54, 1.807) is 24.3 Å². The highest BCUT2D eigenvalue weighted by Gasteiger charge is 2.21. The maximum absolute atomic E-state index is 13.0. The molecule has 2 N–H and O–H groups in total. The molecular formula is C18H20FN3O2S2. The van der Waals surface area contributed by atoms with Crippen molar-refractivity contribution in [1.29, 1.82) is 0 Å². The number of amides is 2. The van der Waals surface area contributed by atoms with E-state index >= 15 is 0 Å². The Balaban J connectivity index is 1.50. The number of hydrogen-bond donors (Lipinski definition) is 2. The molecule has 3 rings (SSSR count). The van der Waals surface area contributed by atoms with Gasteiger partial charge in [0.2, 0.25) is 0 Å². The van der Waals surface area contributed by atoms with Gasteiger partial charge in [-0.05, 0) is 49.1 Å². The molecule has 138 valence electrons. The van der Waals surface area contributed by atoms with Gasteiger partial charge in [-0.1, -0.05) is 12.1 Å². The maximum atomic E-state index is 13.0. The van der Waals surface area contributed by atoms with Crippen molar-refractivity contribution in [2.75, 3.05) is 25.1 Å². The predicted molar refractivity (Wildman–Crippen MR) is 104 cm³/mol. The fraction of sp³-hybridized carbons (Fsp3) is 0.333. The largest absolute Gasteiger partial charge is 0.294 e. The number of halogens is 1. The smallest absolute Gasteiger partial charge is 0.279 e. The molecule has 0 spiro atoms. The lowest BCUT2D eigenvalue weighted by Gasteiger charge is -2.22. The average Bonchev–Trinajstić information content (AvgIpc) is 3.32. The third kappa shape index (κ3) is 4.84. The fourth-order valence-corrected chi connectivity index (χ4v) is 4.89. The Morgan fingerprint density at radius 3 is 2.65 bits per heavy atom. The van der Waals surface area contributed by atoms with E-state index in [2.05, 4.69) is 10.9 Å². The average molecular weight is 394 g/mol. The van der Waals surface area contributed by atoms with Gasteiger partial charge in [0.15, 0.2) is 0 Å². The highest BCUT2D eigenvalue weighted by molar-refractivity contribution is 7.99. The van der Waals surface area contributed by atoms with Crippen LogP contribution >= 0.6 is 23.1 Å². The number of thioether (sulfide) groups is 1. The van der Waals surface area contributed by atoms with Gasteiger partial charge in [0, 0.05) is 16.7 Å². The molecule has 1 atom stereocenters. The van der Waals surface area contributed by atoms with Gasteiger partial charge in [-0.2, -0.15) is 11.8 Å². The van der Waals surface area contributed by atoms with Crippen LogP contribution in [0, 0.1) is 5.82 Å². The summed E-state index contributed by atoms with van der Waals surface area (Å²) in [6.45, 7) is 0.247.